The lowest BCUT2D eigenvalue weighted by atomic mass is 10.6. The molecule has 0 amide bonds. The third-order valence-corrected chi connectivity index (χ3v) is 5.25. The molecule has 2 heterocycles. The normalized spacial score (nSPS) is 10.8. The van der Waals surface area contributed by atoms with Gasteiger partial charge in [0.25, 0.3) is 0 Å². The summed E-state index contributed by atoms with van der Waals surface area (Å²) in [5, 5.41) is 8.22. The predicted molar refractivity (Wildman–Crippen MR) is 79.1 cm³/mol. The maximum Gasteiger partial charge on any atom is 0.225 e. The Morgan fingerprint density at radius 2 is 1.63 bits per heavy atom. The van der Waals surface area contributed by atoms with Crippen LogP contribution in [-0.4, -0.2) is 30.9 Å². The molecule has 0 bridgehead atoms. The van der Waals surface area contributed by atoms with Gasteiger partial charge >= 0.3 is 0 Å². The van der Waals surface area contributed by atoms with Crippen LogP contribution in [0.5, 0.6) is 0 Å². The lowest BCUT2D eigenvalue weighted by Crippen LogP contribution is -2.05. The van der Waals surface area contributed by atoms with Crippen molar-refractivity contribution in [2.45, 2.75) is 27.8 Å². The number of hydrogen-bond donors (Lipinski definition) is 2. The van der Waals surface area contributed by atoms with Crippen LogP contribution in [0.15, 0.2) is 8.68 Å². The first-order chi connectivity index (χ1) is 9.17. The first kappa shape index (κ1) is 14.3. The van der Waals surface area contributed by atoms with Gasteiger partial charge in [-0.15, -0.1) is 10.2 Å². The number of nitrogens with two attached hydrogens (primary N) is 2. The van der Waals surface area contributed by atoms with E-state index in [1.165, 1.54) is 11.8 Å². The topological polar surface area (TPSA) is 116 Å². The number of nitrogen functional groups attached to an aromatic ring is 2. The fourth-order valence-electron chi connectivity index (χ4n) is 1.15. The van der Waals surface area contributed by atoms with Crippen LogP contribution in [0.1, 0.15) is 19.2 Å². The number of nitrogens with zero attached hydrogens (tertiary/aromatic N) is 5. The van der Waals surface area contributed by atoms with Crippen molar-refractivity contribution in [2.24, 2.45) is 0 Å². The van der Waals surface area contributed by atoms with Gasteiger partial charge in [-0.05, 0) is 6.42 Å². The molecule has 0 aliphatic carbocycles. The average Bonchev–Trinajstić information content (AvgIpc) is 2.81. The second-order valence-electron chi connectivity index (χ2n) is 3.44. The molecule has 0 spiro atoms. The molecule has 102 valence electrons. The van der Waals surface area contributed by atoms with Crippen molar-refractivity contribution in [3.63, 3.8) is 0 Å². The molecule has 0 aliphatic heterocycles. The van der Waals surface area contributed by atoms with E-state index in [1.54, 1.807) is 23.1 Å². The molecular formula is C9H13N7S3. The number of thioether (sulfide) groups is 2. The summed E-state index contributed by atoms with van der Waals surface area (Å²) in [5.41, 5.74) is 11.0. The summed E-state index contributed by atoms with van der Waals surface area (Å²) in [6.45, 7) is 2.14. The van der Waals surface area contributed by atoms with Crippen molar-refractivity contribution < 1.29 is 0 Å². The molecular weight excluding hydrogens is 302 g/mol. The van der Waals surface area contributed by atoms with Crippen molar-refractivity contribution in [2.75, 3.05) is 17.2 Å². The van der Waals surface area contributed by atoms with Gasteiger partial charge in [0.2, 0.25) is 11.9 Å². The molecule has 2 rings (SSSR count). The first-order valence-electron chi connectivity index (χ1n) is 5.52. The molecule has 0 saturated carbocycles. The van der Waals surface area contributed by atoms with Crippen molar-refractivity contribution in [3.8, 4) is 0 Å². The predicted octanol–water partition coefficient (Wildman–Crippen LogP) is 1.68. The standard InChI is InChI=1S/C9H13N7S3/c1-2-3-17-8-15-16-9(19-8)18-4-5-12-6(10)14-7(11)13-5/h2-4H2,1H3,(H4,10,11,12,13,14). The van der Waals surface area contributed by atoms with Gasteiger partial charge in [0.05, 0.1) is 5.75 Å². The Morgan fingerprint density at radius 1 is 1.00 bits per heavy atom. The van der Waals surface area contributed by atoms with Crippen LogP contribution in [0.25, 0.3) is 0 Å². The molecule has 0 unspecified atom stereocenters. The SMILES string of the molecule is CCCSc1nnc(SCc2nc(N)nc(N)n2)s1. The minimum absolute atomic E-state index is 0.138. The molecule has 0 saturated heterocycles. The van der Waals surface area contributed by atoms with Gasteiger partial charge in [-0.3, -0.25) is 0 Å². The molecule has 7 nitrogen and oxygen atoms in total. The molecule has 0 aliphatic rings. The highest BCUT2D eigenvalue weighted by atomic mass is 32.2. The zero-order chi connectivity index (χ0) is 13.7. The number of aromatic nitrogens is 5. The largest absolute Gasteiger partial charge is 0.368 e. The Kier molecular flexibility index (Phi) is 5.16. The maximum absolute atomic E-state index is 5.51. The molecule has 10 heteroatoms. The van der Waals surface area contributed by atoms with Gasteiger partial charge < -0.3 is 11.5 Å². The lowest BCUT2D eigenvalue weighted by molar-refractivity contribution is 0.948. The molecule has 0 aromatic carbocycles. The van der Waals surface area contributed by atoms with Crippen molar-refractivity contribution in [3.05, 3.63) is 5.82 Å². The van der Waals surface area contributed by atoms with E-state index in [0.717, 1.165) is 20.9 Å². The van der Waals surface area contributed by atoms with Gasteiger partial charge in [0, 0.05) is 5.75 Å². The summed E-state index contributed by atoms with van der Waals surface area (Å²) < 4.78 is 1.87. The van der Waals surface area contributed by atoms with Gasteiger partial charge in [0.15, 0.2) is 8.68 Å². The third kappa shape index (κ3) is 4.48. The van der Waals surface area contributed by atoms with E-state index in [1.807, 2.05) is 0 Å². The van der Waals surface area contributed by atoms with Crippen LogP contribution in [0.2, 0.25) is 0 Å². The Bertz CT molecular complexity index is 524. The highest BCUT2D eigenvalue weighted by molar-refractivity contribution is 8.02. The van der Waals surface area contributed by atoms with Gasteiger partial charge in [0.1, 0.15) is 5.82 Å². The van der Waals surface area contributed by atoms with Crippen molar-refractivity contribution in [1.29, 1.82) is 0 Å². The Labute approximate surface area is 123 Å². The number of anilines is 2. The second-order valence-corrected chi connectivity index (χ2v) is 6.98. The zero-order valence-electron chi connectivity index (χ0n) is 10.2. The van der Waals surface area contributed by atoms with Crippen molar-refractivity contribution >= 4 is 46.8 Å². The Morgan fingerprint density at radius 3 is 2.26 bits per heavy atom. The zero-order valence-corrected chi connectivity index (χ0v) is 12.7. The fourth-order valence-corrected chi connectivity index (χ4v) is 3.95. The van der Waals surface area contributed by atoms with Gasteiger partial charge in [-0.25, -0.2) is 0 Å². The van der Waals surface area contributed by atoms with Crippen LogP contribution < -0.4 is 11.5 Å². The summed E-state index contributed by atoms with van der Waals surface area (Å²) in [6, 6.07) is 0. The third-order valence-electron chi connectivity index (χ3n) is 1.86. The van der Waals surface area contributed by atoms with E-state index in [9.17, 15) is 0 Å². The van der Waals surface area contributed by atoms with E-state index in [-0.39, 0.29) is 11.9 Å². The molecule has 0 radical (unpaired) electrons. The smallest absolute Gasteiger partial charge is 0.225 e. The van der Waals surface area contributed by atoms with Gasteiger partial charge in [-0.1, -0.05) is 41.8 Å². The van der Waals surface area contributed by atoms with Crippen LogP contribution in [0, 0.1) is 0 Å². The number of rotatable bonds is 6. The summed E-state index contributed by atoms with van der Waals surface area (Å²) in [6.07, 6.45) is 1.12. The van der Waals surface area contributed by atoms with Crippen LogP contribution in [0.4, 0.5) is 11.9 Å². The number of hydrogen-bond acceptors (Lipinski definition) is 10. The van der Waals surface area contributed by atoms with E-state index in [4.69, 9.17) is 11.5 Å². The van der Waals surface area contributed by atoms with Crippen molar-refractivity contribution in [1.82, 2.24) is 25.1 Å². The lowest BCUT2D eigenvalue weighted by Gasteiger charge is -1.99. The molecule has 2 aromatic rings. The fraction of sp³-hybridized carbons (Fsp3) is 0.444. The summed E-state index contributed by atoms with van der Waals surface area (Å²) >= 11 is 4.80. The Balaban J connectivity index is 1.92. The first-order valence-corrected chi connectivity index (χ1v) is 8.31. The minimum atomic E-state index is 0.138. The van der Waals surface area contributed by atoms with Crippen LogP contribution in [-0.2, 0) is 5.75 Å². The molecule has 4 N–H and O–H groups in total. The molecule has 19 heavy (non-hydrogen) atoms. The summed E-state index contributed by atoms with van der Waals surface area (Å²) in [7, 11) is 0. The Hall–Kier alpha value is -1.13. The summed E-state index contributed by atoms with van der Waals surface area (Å²) in [4.78, 5) is 11.7. The monoisotopic (exact) mass is 315 g/mol. The molecule has 0 fully saturated rings. The summed E-state index contributed by atoms with van der Waals surface area (Å²) in [5.74, 6) is 2.43. The highest BCUT2D eigenvalue weighted by Crippen LogP contribution is 2.30. The van der Waals surface area contributed by atoms with E-state index < -0.39 is 0 Å². The minimum Gasteiger partial charge on any atom is -0.368 e. The van der Waals surface area contributed by atoms with E-state index >= 15 is 0 Å². The molecule has 0 atom stereocenters. The van der Waals surface area contributed by atoms with Crippen LogP contribution in [0.3, 0.4) is 0 Å². The quantitative estimate of drug-likeness (QED) is 0.768. The average molecular weight is 315 g/mol. The maximum atomic E-state index is 5.51. The highest BCUT2D eigenvalue weighted by Gasteiger charge is 2.08. The van der Waals surface area contributed by atoms with Gasteiger partial charge in [-0.2, -0.15) is 15.0 Å². The van der Waals surface area contributed by atoms with E-state index in [2.05, 4.69) is 32.1 Å². The van der Waals surface area contributed by atoms with E-state index in [0.29, 0.717) is 11.6 Å². The second kappa shape index (κ2) is 6.87. The van der Waals surface area contributed by atoms with Crippen LogP contribution >= 0.6 is 34.9 Å². The molecule has 2 aromatic heterocycles.